The molecule has 4 nitrogen and oxygen atoms in total. The first-order valence-corrected chi connectivity index (χ1v) is 6.38. The second-order valence-electron chi connectivity index (χ2n) is 3.61. The van der Waals surface area contributed by atoms with E-state index in [0.29, 0.717) is 0 Å². The van der Waals surface area contributed by atoms with Gasteiger partial charge in [0.2, 0.25) is 0 Å². The van der Waals surface area contributed by atoms with Crippen LogP contribution in [0.2, 0.25) is 5.02 Å². The highest BCUT2D eigenvalue weighted by molar-refractivity contribution is 9.10. The summed E-state index contributed by atoms with van der Waals surface area (Å²) in [6, 6.07) is 0.537. The number of phenols is 1. The van der Waals surface area contributed by atoms with E-state index in [1.54, 1.807) is 0 Å². The molecule has 1 atom stereocenters. The molecule has 114 valence electrons. The van der Waals surface area contributed by atoms with E-state index < -0.39 is 29.2 Å². The molecule has 0 spiro atoms. The molecule has 0 aliphatic heterocycles. The molecule has 3 N–H and O–H groups in total. The second-order valence-corrected chi connectivity index (χ2v) is 4.87. The molecule has 9 heteroatoms. The fourth-order valence-electron chi connectivity index (χ4n) is 1.39. The first kappa shape index (κ1) is 19.4. The Hall–Kier alpha value is -0.630. The highest BCUT2D eigenvalue weighted by Gasteiger charge is 2.49. The highest BCUT2D eigenvalue weighted by atomic mass is 79.9. The Morgan fingerprint density at radius 2 is 2.15 bits per heavy atom. The zero-order valence-corrected chi connectivity index (χ0v) is 13.4. The third kappa shape index (κ3) is 3.72. The van der Waals surface area contributed by atoms with Crippen molar-refractivity contribution in [3.63, 3.8) is 0 Å². The van der Waals surface area contributed by atoms with Crippen LogP contribution in [0.1, 0.15) is 18.5 Å². The van der Waals surface area contributed by atoms with Crippen LogP contribution in [0.4, 0.5) is 8.78 Å². The molecule has 0 aliphatic carbocycles. The lowest BCUT2D eigenvalue weighted by atomic mass is 10.0. The van der Waals surface area contributed by atoms with Crippen LogP contribution >= 0.6 is 39.9 Å². The average molecular weight is 395 g/mol. The Morgan fingerprint density at radius 3 is 2.65 bits per heavy atom. The Kier molecular flexibility index (Phi) is 7.17. The van der Waals surface area contributed by atoms with Crippen LogP contribution in [0.25, 0.3) is 0 Å². The van der Waals surface area contributed by atoms with Crippen LogP contribution in [0.15, 0.2) is 16.6 Å². The van der Waals surface area contributed by atoms with E-state index >= 15 is 0 Å². The molecule has 0 unspecified atom stereocenters. The minimum Gasteiger partial charge on any atom is -0.506 e. The second kappa shape index (κ2) is 7.40. The average Bonchev–Trinajstić information content (AvgIpc) is 2.34. The standard InChI is InChI=1S/C11H11BrClF2NO3.ClH/c1-2-19-10(18)11(14,15)9(16)7-6(13)4-3-5(12)8(7)17;/h3-4,9,17H,2,16H2,1H3;1H/t9-;/m0./s1. The van der Waals surface area contributed by atoms with Gasteiger partial charge in [-0.1, -0.05) is 11.6 Å². The molecule has 0 saturated heterocycles. The Balaban J connectivity index is 0.00000361. The highest BCUT2D eigenvalue weighted by Crippen LogP contribution is 2.42. The number of hydrogen-bond acceptors (Lipinski definition) is 4. The molecule has 0 heterocycles. The molecule has 0 saturated carbocycles. The van der Waals surface area contributed by atoms with Crippen molar-refractivity contribution in [2.45, 2.75) is 18.9 Å². The number of carbonyl (C=O) groups excluding carboxylic acids is 1. The van der Waals surface area contributed by atoms with E-state index in [0.717, 1.165) is 0 Å². The maximum Gasteiger partial charge on any atom is 0.379 e. The Bertz CT molecular complexity index is 503. The number of nitrogens with two attached hydrogens (primary N) is 1. The maximum atomic E-state index is 13.8. The maximum absolute atomic E-state index is 13.8. The zero-order valence-electron chi connectivity index (χ0n) is 10.2. The van der Waals surface area contributed by atoms with Gasteiger partial charge in [0.1, 0.15) is 11.8 Å². The molecule has 0 aromatic heterocycles. The molecule has 1 rings (SSSR count). The first-order valence-electron chi connectivity index (χ1n) is 5.20. The summed E-state index contributed by atoms with van der Waals surface area (Å²) in [6.45, 7) is 1.18. The molecule has 1 aromatic carbocycles. The topological polar surface area (TPSA) is 72.5 Å². The van der Waals surface area contributed by atoms with E-state index in [2.05, 4.69) is 20.7 Å². The third-order valence-corrected chi connectivity index (χ3v) is 3.33. The number of esters is 1. The van der Waals surface area contributed by atoms with E-state index in [9.17, 15) is 18.7 Å². The van der Waals surface area contributed by atoms with Crippen molar-refractivity contribution in [1.82, 2.24) is 0 Å². The molecule has 0 fully saturated rings. The molecule has 0 aliphatic rings. The normalized spacial score (nSPS) is 12.5. The number of hydrogen-bond donors (Lipinski definition) is 2. The number of rotatable bonds is 4. The van der Waals surface area contributed by atoms with Crippen molar-refractivity contribution >= 4 is 45.9 Å². The van der Waals surface area contributed by atoms with Crippen molar-refractivity contribution in [3.8, 4) is 5.75 Å². The van der Waals surface area contributed by atoms with E-state index in [-0.39, 0.29) is 28.5 Å². The van der Waals surface area contributed by atoms with Gasteiger partial charge in [-0.3, -0.25) is 0 Å². The molecular weight excluding hydrogens is 383 g/mol. The molecule has 0 radical (unpaired) electrons. The first-order chi connectivity index (χ1) is 8.73. The predicted octanol–water partition coefficient (Wildman–Crippen LogP) is 3.43. The Morgan fingerprint density at radius 1 is 1.60 bits per heavy atom. The Labute approximate surface area is 133 Å². The van der Waals surface area contributed by atoms with Gasteiger partial charge in [-0.2, -0.15) is 8.78 Å². The summed E-state index contributed by atoms with van der Waals surface area (Å²) in [6.07, 6.45) is 0. The summed E-state index contributed by atoms with van der Waals surface area (Å²) >= 11 is 8.70. The van der Waals surface area contributed by atoms with Crippen LogP contribution in [-0.4, -0.2) is 23.6 Å². The van der Waals surface area contributed by atoms with Gasteiger partial charge in [0, 0.05) is 10.6 Å². The van der Waals surface area contributed by atoms with Crippen LogP contribution < -0.4 is 5.73 Å². The minimum absolute atomic E-state index is 0. The summed E-state index contributed by atoms with van der Waals surface area (Å²) < 4.78 is 32.0. The number of alkyl halides is 2. The lowest BCUT2D eigenvalue weighted by Gasteiger charge is -2.23. The molecule has 0 amide bonds. The number of aromatic hydroxyl groups is 1. The van der Waals surface area contributed by atoms with Crippen LogP contribution in [0.5, 0.6) is 5.75 Å². The fourth-order valence-corrected chi connectivity index (χ4v) is 2.00. The summed E-state index contributed by atoms with van der Waals surface area (Å²) in [5, 5.41) is 9.56. The summed E-state index contributed by atoms with van der Waals surface area (Å²) in [5.74, 6) is -6.31. The van der Waals surface area contributed by atoms with Gasteiger partial charge in [-0.05, 0) is 35.0 Å². The van der Waals surface area contributed by atoms with Crippen molar-refractivity contribution < 1.29 is 23.4 Å². The number of benzene rings is 1. The van der Waals surface area contributed by atoms with Gasteiger partial charge in [-0.25, -0.2) is 4.79 Å². The van der Waals surface area contributed by atoms with Gasteiger partial charge in [0.05, 0.1) is 11.1 Å². The van der Waals surface area contributed by atoms with Crippen LogP contribution in [0.3, 0.4) is 0 Å². The lowest BCUT2D eigenvalue weighted by Crippen LogP contribution is -2.42. The number of halogens is 5. The third-order valence-electron chi connectivity index (χ3n) is 2.36. The molecule has 1 aromatic rings. The fraction of sp³-hybridized carbons (Fsp3) is 0.364. The van der Waals surface area contributed by atoms with Crippen molar-refractivity contribution in [3.05, 3.63) is 27.2 Å². The monoisotopic (exact) mass is 393 g/mol. The van der Waals surface area contributed by atoms with Crippen molar-refractivity contribution in [2.75, 3.05) is 6.61 Å². The largest absolute Gasteiger partial charge is 0.506 e. The minimum atomic E-state index is -4.00. The summed E-state index contributed by atoms with van der Waals surface area (Å²) in [7, 11) is 0. The van der Waals surface area contributed by atoms with Gasteiger partial charge < -0.3 is 15.6 Å². The van der Waals surface area contributed by atoms with Crippen LogP contribution in [0, 0.1) is 0 Å². The SMILES string of the molecule is CCOC(=O)C(F)(F)[C@@H](N)c1c(Cl)ccc(Br)c1O.Cl. The van der Waals surface area contributed by atoms with Gasteiger partial charge in [-0.15, -0.1) is 12.4 Å². The summed E-state index contributed by atoms with van der Waals surface area (Å²) in [4.78, 5) is 11.2. The number of ether oxygens (including phenoxy) is 1. The zero-order chi connectivity index (χ0) is 14.8. The predicted molar refractivity (Wildman–Crippen MR) is 76.6 cm³/mol. The van der Waals surface area contributed by atoms with Gasteiger partial charge in [0.15, 0.2) is 0 Å². The van der Waals surface area contributed by atoms with E-state index in [1.165, 1.54) is 19.1 Å². The van der Waals surface area contributed by atoms with Gasteiger partial charge in [0.25, 0.3) is 0 Å². The van der Waals surface area contributed by atoms with E-state index in [4.69, 9.17) is 17.3 Å². The molecular formula is C11H12BrCl2F2NO3. The van der Waals surface area contributed by atoms with Crippen molar-refractivity contribution in [1.29, 1.82) is 0 Å². The summed E-state index contributed by atoms with van der Waals surface area (Å²) in [5.41, 5.74) is 4.94. The quantitative estimate of drug-likeness (QED) is 0.767. The molecule has 0 bridgehead atoms. The van der Waals surface area contributed by atoms with Crippen LogP contribution in [-0.2, 0) is 9.53 Å². The number of phenolic OH excluding ortho intramolecular Hbond substituents is 1. The number of carbonyl (C=O) groups is 1. The van der Waals surface area contributed by atoms with Crippen molar-refractivity contribution in [2.24, 2.45) is 5.73 Å². The lowest BCUT2D eigenvalue weighted by molar-refractivity contribution is -0.174. The van der Waals surface area contributed by atoms with E-state index in [1.807, 2.05) is 0 Å². The smallest absolute Gasteiger partial charge is 0.379 e. The van der Waals surface area contributed by atoms with Gasteiger partial charge >= 0.3 is 11.9 Å². The molecule has 20 heavy (non-hydrogen) atoms.